The maximum atomic E-state index is 11.8. The second kappa shape index (κ2) is 6.42. The Balaban J connectivity index is 2.83. The second-order valence-electron chi connectivity index (χ2n) is 3.95. The molecule has 0 radical (unpaired) electrons. The summed E-state index contributed by atoms with van der Waals surface area (Å²) in [7, 11) is -2.12. The molecule has 0 aliphatic heterocycles. The van der Waals surface area contributed by atoms with Gasteiger partial charge in [0.05, 0.1) is 19.5 Å². The first-order chi connectivity index (χ1) is 8.86. The van der Waals surface area contributed by atoms with E-state index in [1.807, 2.05) is 0 Å². The SMILES string of the molecule is CCOC(=O)CS(=O)(=O)Cc1cc(N)cc(OC)c1. The van der Waals surface area contributed by atoms with Crippen molar-refractivity contribution in [1.29, 1.82) is 0 Å². The average Bonchev–Trinajstić information content (AvgIpc) is 2.26. The summed E-state index contributed by atoms with van der Waals surface area (Å²) in [6.45, 7) is 1.77. The maximum absolute atomic E-state index is 11.8. The van der Waals surface area contributed by atoms with Crippen LogP contribution in [-0.4, -0.2) is 33.9 Å². The van der Waals surface area contributed by atoms with E-state index in [0.29, 0.717) is 17.0 Å². The topological polar surface area (TPSA) is 95.7 Å². The van der Waals surface area contributed by atoms with Gasteiger partial charge in [0.15, 0.2) is 9.84 Å². The predicted molar refractivity (Wildman–Crippen MR) is 71.5 cm³/mol. The molecule has 106 valence electrons. The first-order valence-electron chi connectivity index (χ1n) is 5.65. The number of carbonyl (C=O) groups excluding carboxylic acids is 1. The third kappa shape index (κ3) is 5.17. The molecule has 0 saturated carbocycles. The molecule has 7 heteroatoms. The molecule has 6 nitrogen and oxygen atoms in total. The zero-order valence-electron chi connectivity index (χ0n) is 10.9. The molecule has 0 spiro atoms. The van der Waals surface area contributed by atoms with Crippen molar-refractivity contribution in [2.24, 2.45) is 0 Å². The van der Waals surface area contributed by atoms with Gasteiger partial charge in [0.25, 0.3) is 0 Å². The van der Waals surface area contributed by atoms with Crippen molar-refractivity contribution in [2.45, 2.75) is 12.7 Å². The number of carbonyl (C=O) groups is 1. The van der Waals surface area contributed by atoms with Gasteiger partial charge in [0.1, 0.15) is 11.5 Å². The molecule has 0 heterocycles. The van der Waals surface area contributed by atoms with E-state index in [-0.39, 0.29) is 12.4 Å². The maximum Gasteiger partial charge on any atom is 0.321 e. The highest BCUT2D eigenvalue weighted by atomic mass is 32.2. The first-order valence-corrected chi connectivity index (χ1v) is 7.48. The van der Waals surface area contributed by atoms with Crippen LogP contribution in [0.4, 0.5) is 5.69 Å². The molecule has 0 saturated heterocycles. The van der Waals surface area contributed by atoms with E-state index in [1.54, 1.807) is 19.1 Å². The van der Waals surface area contributed by atoms with Crippen molar-refractivity contribution in [3.63, 3.8) is 0 Å². The van der Waals surface area contributed by atoms with Crippen LogP contribution < -0.4 is 10.5 Å². The molecule has 0 aromatic heterocycles. The fourth-order valence-corrected chi connectivity index (χ4v) is 2.79. The van der Waals surface area contributed by atoms with E-state index in [0.717, 1.165) is 0 Å². The number of ether oxygens (including phenoxy) is 2. The van der Waals surface area contributed by atoms with Gasteiger partial charge >= 0.3 is 5.97 Å². The van der Waals surface area contributed by atoms with E-state index in [2.05, 4.69) is 4.74 Å². The van der Waals surface area contributed by atoms with Gasteiger partial charge < -0.3 is 15.2 Å². The number of nitrogen functional groups attached to an aromatic ring is 1. The van der Waals surface area contributed by atoms with Crippen molar-refractivity contribution < 1.29 is 22.7 Å². The summed E-state index contributed by atoms with van der Waals surface area (Å²) in [6.07, 6.45) is 0. The van der Waals surface area contributed by atoms with Crippen molar-refractivity contribution in [2.75, 3.05) is 25.2 Å². The van der Waals surface area contributed by atoms with Crippen LogP contribution in [0, 0.1) is 0 Å². The lowest BCUT2D eigenvalue weighted by molar-refractivity contribution is -0.139. The zero-order chi connectivity index (χ0) is 14.5. The minimum Gasteiger partial charge on any atom is -0.497 e. The second-order valence-corrected chi connectivity index (χ2v) is 6.02. The molecule has 0 aliphatic carbocycles. The van der Waals surface area contributed by atoms with Gasteiger partial charge in [0.2, 0.25) is 0 Å². The molecule has 19 heavy (non-hydrogen) atoms. The van der Waals surface area contributed by atoms with Gasteiger partial charge in [-0.05, 0) is 24.6 Å². The van der Waals surface area contributed by atoms with E-state index in [1.165, 1.54) is 13.2 Å². The number of nitrogens with two attached hydrogens (primary N) is 1. The Hall–Kier alpha value is -1.76. The summed E-state index contributed by atoms with van der Waals surface area (Å²) in [5, 5.41) is 0. The summed E-state index contributed by atoms with van der Waals surface area (Å²) in [4.78, 5) is 11.2. The Kier molecular flexibility index (Phi) is 5.17. The number of hydrogen-bond donors (Lipinski definition) is 1. The third-order valence-electron chi connectivity index (χ3n) is 2.25. The lowest BCUT2D eigenvalue weighted by Gasteiger charge is -2.07. The van der Waals surface area contributed by atoms with E-state index in [9.17, 15) is 13.2 Å². The summed E-state index contributed by atoms with van der Waals surface area (Å²) in [5.41, 5.74) is 6.51. The molecule has 2 N–H and O–H groups in total. The number of rotatable bonds is 6. The number of methoxy groups -OCH3 is 1. The third-order valence-corrected chi connectivity index (χ3v) is 3.70. The summed E-state index contributed by atoms with van der Waals surface area (Å²) >= 11 is 0. The number of anilines is 1. The minimum atomic E-state index is -3.58. The monoisotopic (exact) mass is 287 g/mol. The van der Waals surface area contributed by atoms with Gasteiger partial charge in [0, 0.05) is 11.8 Å². The lowest BCUT2D eigenvalue weighted by Crippen LogP contribution is -2.20. The highest BCUT2D eigenvalue weighted by Gasteiger charge is 2.18. The Bertz CT molecular complexity index is 553. The zero-order valence-corrected chi connectivity index (χ0v) is 11.7. The molecule has 0 amide bonds. The van der Waals surface area contributed by atoms with Crippen molar-refractivity contribution >= 4 is 21.5 Å². The first kappa shape index (κ1) is 15.3. The molecule has 0 aliphatic rings. The molecule has 0 unspecified atom stereocenters. The van der Waals surface area contributed by atoms with E-state index < -0.39 is 21.6 Å². The van der Waals surface area contributed by atoms with Gasteiger partial charge in [-0.15, -0.1) is 0 Å². The van der Waals surface area contributed by atoms with Crippen LogP contribution in [0.2, 0.25) is 0 Å². The van der Waals surface area contributed by atoms with Crippen LogP contribution >= 0.6 is 0 Å². The molecule has 1 aromatic rings. The van der Waals surface area contributed by atoms with Crippen molar-refractivity contribution in [1.82, 2.24) is 0 Å². The van der Waals surface area contributed by atoms with Crippen LogP contribution in [0.15, 0.2) is 18.2 Å². The van der Waals surface area contributed by atoms with Gasteiger partial charge in [-0.1, -0.05) is 0 Å². The fraction of sp³-hybridized carbons (Fsp3) is 0.417. The van der Waals surface area contributed by atoms with Crippen LogP contribution in [-0.2, 0) is 25.1 Å². The van der Waals surface area contributed by atoms with Gasteiger partial charge in [-0.2, -0.15) is 0 Å². The molecular weight excluding hydrogens is 270 g/mol. The van der Waals surface area contributed by atoms with Crippen molar-refractivity contribution in [3.05, 3.63) is 23.8 Å². The molecule has 1 rings (SSSR count). The number of hydrogen-bond acceptors (Lipinski definition) is 6. The summed E-state index contributed by atoms with van der Waals surface area (Å²) < 4.78 is 33.2. The summed E-state index contributed by atoms with van der Waals surface area (Å²) in [5.74, 6) is -1.20. The van der Waals surface area contributed by atoms with Crippen LogP contribution in [0.3, 0.4) is 0 Å². The standard InChI is InChI=1S/C12H17NO5S/c1-3-18-12(14)8-19(15,16)7-9-4-10(13)6-11(5-9)17-2/h4-6H,3,7-8,13H2,1-2H3. The van der Waals surface area contributed by atoms with E-state index in [4.69, 9.17) is 10.5 Å². The predicted octanol–water partition coefficient (Wildman–Crippen LogP) is 0.755. The minimum absolute atomic E-state index is 0.153. The Labute approximate surface area is 112 Å². The highest BCUT2D eigenvalue weighted by molar-refractivity contribution is 7.91. The van der Waals surface area contributed by atoms with Crippen LogP contribution in [0.5, 0.6) is 5.75 Å². The van der Waals surface area contributed by atoms with Gasteiger partial charge in [-0.25, -0.2) is 8.42 Å². The number of benzene rings is 1. The van der Waals surface area contributed by atoms with Gasteiger partial charge in [-0.3, -0.25) is 4.79 Å². The molecule has 1 aromatic carbocycles. The average molecular weight is 287 g/mol. The Morgan fingerprint density at radius 3 is 2.58 bits per heavy atom. The molecule has 0 fully saturated rings. The lowest BCUT2D eigenvalue weighted by atomic mass is 10.2. The normalized spacial score (nSPS) is 11.1. The quantitative estimate of drug-likeness (QED) is 0.613. The Morgan fingerprint density at radius 2 is 2.00 bits per heavy atom. The van der Waals surface area contributed by atoms with E-state index >= 15 is 0 Å². The molecular formula is C12H17NO5S. The van der Waals surface area contributed by atoms with Crippen molar-refractivity contribution in [3.8, 4) is 5.75 Å². The smallest absolute Gasteiger partial charge is 0.321 e. The molecule has 0 atom stereocenters. The summed E-state index contributed by atoms with van der Waals surface area (Å²) in [6, 6.07) is 4.69. The molecule has 0 bridgehead atoms. The highest BCUT2D eigenvalue weighted by Crippen LogP contribution is 2.20. The Morgan fingerprint density at radius 1 is 1.32 bits per heavy atom. The number of esters is 1. The largest absolute Gasteiger partial charge is 0.497 e. The fourth-order valence-electron chi connectivity index (χ4n) is 1.57. The van der Waals surface area contributed by atoms with Crippen LogP contribution in [0.25, 0.3) is 0 Å². The number of sulfone groups is 1. The van der Waals surface area contributed by atoms with Crippen LogP contribution in [0.1, 0.15) is 12.5 Å².